The molecule has 1 fully saturated rings. The third-order valence-electron chi connectivity index (χ3n) is 4.80. The van der Waals surface area contributed by atoms with Crippen LogP contribution in [-0.2, 0) is 35.5 Å². The van der Waals surface area contributed by atoms with Gasteiger partial charge >= 0.3 is 5.97 Å². The van der Waals surface area contributed by atoms with Crippen molar-refractivity contribution < 1.29 is 32.2 Å². The number of nitrogens with one attached hydrogen (secondary N) is 1. The Bertz CT molecular complexity index is 1020. The highest BCUT2D eigenvalue weighted by Gasteiger charge is 2.26. The maximum atomic E-state index is 12.6. The molecule has 0 aromatic heterocycles. The third kappa shape index (κ3) is 6.52. The summed E-state index contributed by atoms with van der Waals surface area (Å²) in [6.45, 7) is 2.59. The SMILES string of the molecule is CCc1ccc(OCC(=O)OCC(=O)Nc2ccc(S(=O)(=O)N3CCOCC3)cc2)cc1. The van der Waals surface area contributed by atoms with Crippen molar-refractivity contribution in [3.05, 3.63) is 54.1 Å². The van der Waals surface area contributed by atoms with Crippen LogP contribution >= 0.6 is 0 Å². The molecule has 32 heavy (non-hydrogen) atoms. The molecule has 0 unspecified atom stereocenters. The molecule has 2 aromatic rings. The van der Waals surface area contributed by atoms with Gasteiger partial charge in [0.1, 0.15) is 5.75 Å². The minimum atomic E-state index is -3.60. The van der Waals surface area contributed by atoms with Crippen molar-refractivity contribution in [1.82, 2.24) is 4.31 Å². The van der Waals surface area contributed by atoms with E-state index in [2.05, 4.69) is 5.32 Å². The van der Waals surface area contributed by atoms with Gasteiger partial charge in [0.25, 0.3) is 5.91 Å². The minimum absolute atomic E-state index is 0.132. The lowest BCUT2D eigenvalue weighted by Crippen LogP contribution is -2.40. The van der Waals surface area contributed by atoms with E-state index in [1.165, 1.54) is 28.6 Å². The predicted octanol–water partition coefficient (Wildman–Crippen LogP) is 1.83. The first-order valence-electron chi connectivity index (χ1n) is 10.2. The zero-order valence-electron chi connectivity index (χ0n) is 17.8. The largest absolute Gasteiger partial charge is 0.482 e. The van der Waals surface area contributed by atoms with Crippen molar-refractivity contribution in [2.75, 3.05) is 44.8 Å². The molecule has 0 atom stereocenters. The average molecular weight is 463 g/mol. The number of hydrogen-bond donors (Lipinski definition) is 1. The van der Waals surface area contributed by atoms with Gasteiger partial charge in [0, 0.05) is 18.8 Å². The van der Waals surface area contributed by atoms with Crippen molar-refractivity contribution >= 4 is 27.6 Å². The van der Waals surface area contributed by atoms with E-state index in [0.717, 1.165) is 12.0 Å². The van der Waals surface area contributed by atoms with Gasteiger partial charge in [-0.15, -0.1) is 0 Å². The first-order chi connectivity index (χ1) is 15.4. The molecule has 1 heterocycles. The summed E-state index contributed by atoms with van der Waals surface area (Å²) in [4.78, 5) is 23.9. The van der Waals surface area contributed by atoms with Crippen LogP contribution in [0.2, 0.25) is 0 Å². The molecule has 1 aliphatic heterocycles. The molecular weight excluding hydrogens is 436 g/mol. The third-order valence-corrected chi connectivity index (χ3v) is 6.71. The lowest BCUT2D eigenvalue weighted by molar-refractivity contribution is -0.149. The van der Waals surface area contributed by atoms with E-state index in [1.807, 2.05) is 19.1 Å². The zero-order valence-corrected chi connectivity index (χ0v) is 18.6. The molecule has 0 aliphatic carbocycles. The van der Waals surface area contributed by atoms with Crippen molar-refractivity contribution in [2.45, 2.75) is 18.2 Å². The Hall–Kier alpha value is -2.95. The van der Waals surface area contributed by atoms with Crippen LogP contribution in [0.25, 0.3) is 0 Å². The second-order valence-corrected chi connectivity index (χ2v) is 8.97. The van der Waals surface area contributed by atoms with Gasteiger partial charge in [-0.05, 0) is 48.4 Å². The number of nitrogens with zero attached hydrogens (tertiary/aromatic N) is 1. The highest BCUT2D eigenvalue weighted by atomic mass is 32.2. The smallest absolute Gasteiger partial charge is 0.344 e. The van der Waals surface area contributed by atoms with Crippen molar-refractivity contribution in [1.29, 1.82) is 0 Å². The Kier molecular flexibility index (Phi) is 8.20. The van der Waals surface area contributed by atoms with Gasteiger partial charge in [0.05, 0.1) is 18.1 Å². The average Bonchev–Trinajstić information content (AvgIpc) is 2.82. The fraction of sp³-hybridized carbons (Fsp3) is 0.364. The molecule has 1 N–H and O–H groups in total. The number of carbonyl (C=O) groups is 2. The number of benzene rings is 2. The number of esters is 1. The molecule has 1 aliphatic rings. The zero-order chi connectivity index (χ0) is 23.0. The van der Waals surface area contributed by atoms with E-state index in [1.54, 1.807) is 12.1 Å². The Morgan fingerprint density at radius 2 is 1.66 bits per heavy atom. The van der Waals surface area contributed by atoms with Gasteiger partial charge in [-0.25, -0.2) is 13.2 Å². The fourth-order valence-corrected chi connectivity index (χ4v) is 4.40. The van der Waals surface area contributed by atoms with Gasteiger partial charge < -0.3 is 19.5 Å². The van der Waals surface area contributed by atoms with Gasteiger partial charge in [-0.1, -0.05) is 19.1 Å². The van der Waals surface area contributed by atoms with Crippen LogP contribution in [0.4, 0.5) is 5.69 Å². The Balaban J connectivity index is 1.43. The molecule has 9 nitrogen and oxygen atoms in total. The van der Waals surface area contributed by atoms with E-state index in [4.69, 9.17) is 14.2 Å². The summed E-state index contributed by atoms with van der Waals surface area (Å²) in [5, 5.41) is 2.56. The first-order valence-corrected chi connectivity index (χ1v) is 11.7. The Labute approximate surface area is 187 Å². The van der Waals surface area contributed by atoms with E-state index >= 15 is 0 Å². The van der Waals surface area contributed by atoms with Crippen LogP contribution in [0.3, 0.4) is 0 Å². The predicted molar refractivity (Wildman–Crippen MR) is 117 cm³/mol. The number of anilines is 1. The second kappa shape index (κ2) is 11.1. The van der Waals surface area contributed by atoms with Crippen molar-refractivity contribution in [3.8, 4) is 5.75 Å². The van der Waals surface area contributed by atoms with Gasteiger partial charge in [-0.3, -0.25) is 4.79 Å². The van der Waals surface area contributed by atoms with Crippen LogP contribution in [0.5, 0.6) is 5.75 Å². The van der Waals surface area contributed by atoms with Crippen LogP contribution in [0, 0.1) is 0 Å². The number of aryl methyl sites for hydroxylation is 1. The molecule has 2 aromatic carbocycles. The summed E-state index contributed by atoms with van der Waals surface area (Å²) in [6, 6.07) is 13.2. The summed E-state index contributed by atoms with van der Waals surface area (Å²) in [5.74, 6) is -0.683. The van der Waals surface area contributed by atoms with Crippen LogP contribution in [-0.4, -0.2) is 64.1 Å². The summed E-state index contributed by atoms with van der Waals surface area (Å²) in [7, 11) is -3.60. The molecular formula is C22H26N2O7S. The molecule has 0 radical (unpaired) electrons. The van der Waals surface area contributed by atoms with E-state index in [-0.39, 0.29) is 11.5 Å². The molecule has 0 saturated carbocycles. The fourth-order valence-electron chi connectivity index (χ4n) is 2.99. The molecule has 0 spiro atoms. The Morgan fingerprint density at radius 3 is 2.28 bits per heavy atom. The highest BCUT2D eigenvalue weighted by molar-refractivity contribution is 7.89. The number of hydrogen-bond acceptors (Lipinski definition) is 7. The first kappa shape index (κ1) is 23.7. The topological polar surface area (TPSA) is 111 Å². The lowest BCUT2D eigenvalue weighted by Gasteiger charge is -2.26. The standard InChI is InChI=1S/C22H26N2O7S/c1-2-17-3-7-19(8-4-17)30-16-22(26)31-15-21(25)23-18-5-9-20(10-6-18)32(27,28)24-11-13-29-14-12-24/h3-10H,2,11-16H2,1H3,(H,23,25). The molecule has 1 saturated heterocycles. The summed E-state index contributed by atoms with van der Waals surface area (Å²) in [5.41, 5.74) is 1.54. The normalized spacial score (nSPS) is 14.5. The van der Waals surface area contributed by atoms with Crippen molar-refractivity contribution in [2.24, 2.45) is 0 Å². The van der Waals surface area contributed by atoms with Crippen LogP contribution in [0.15, 0.2) is 53.4 Å². The van der Waals surface area contributed by atoms with Gasteiger partial charge in [0.15, 0.2) is 13.2 Å². The number of carbonyl (C=O) groups excluding carboxylic acids is 2. The van der Waals surface area contributed by atoms with E-state index in [0.29, 0.717) is 37.7 Å². The number of sulfonamides is 1. The van der Waals surface area contributed by atoms with E-state index < -0.39 is 28.5 Å². The van der Waals surface area contributed by atoms with Gasteiger partial charge in [0.2, 0.25) is 10.0 Å². The molecule has 172 valence electrons. The van der Waals surface area contributed by atoms with Crippen LogP contribution < -0.4 is 10.1 Å². The highest BCUT2D eigenvalue weighted by Crippen LogP contribution is 2.19. The lowest BCUT2D eigenvalue weighted by atomic mass is 10.2. The number of rotatable bonds is 9. The van der Waals surface area contributed by atoms with E-state index in [9.17, 15) is 18.0 Å². The molecule has 0 bridgehead atoms. The number of morpholine rings is 1. The maximum absolute atomic E-state index is 12.6. The number of ether oxygens (including phenoxy) is 3. The Morgan fingerprint density at radius 1 is 1.00 bits per heavy atom. The monoisotopic (exact) mass is 462 g/mol. The quantitative estimate of drug-likeness (QED) is 0.566. The number of amides is 1. The minimum Gasteiger partial charge on any atom is -0.482 e. The molecule has 3 rings (SSSR count). The summed E-state index contributed by atoms with van der Waals surface area (Å²) in [6.07, 6.45) is 0.907. The van der Waals surface area contributed by atoms with Crippen LogP contribution in [0.1, 0.15) is 12.5 Å². The van der Waals surface area contributed by atoms with Gasteiger partial charge in [-0.2, -0.15) is 4.31 Å². The maximum Gasteiger partial charge on any atom is 0.344 e. The summed E-state index contributed by atoms with van der Waals surface area (Å²) >= 11 is 0. The summed E-state index contributed by atoms with van der Waals surface area (Å²) < 4.78 is 42.0. The molecule has 1 amide bonds. The van der Waals surface area contributed by atoms with Crippen molar-refractivity contribution in [3.63, 3.8) is 0 Å². The second-order valence-electron chi connectivity index (χ2n) is 7.04. The molecule has 10 heteroatoms.